The second-order valence-electron chi connectivity index (χ2n) is 16.1. The van der Waals surface area contributed by atoms with Gasteiger partial charge in [0.25, 0.3) is 0 Å². The molecule has 0 saturated carbocycles. The summed E-state index contributed by atoms with van der Waals surface area (Å²) in [5, 5.41) is 0. The van der Waals surface area contributed by atoms with Crippen LogP contribution in [0.4, 0.5) is 0 Å². The van der Waals surface area contributed by atoms with E-state index in [-0.39, 0.29) is 52.0 Å². The third-order valence-corrected chi connectivity index (χ3v) is 11.3. The molecular formula is C54H54N2O10. The molecule has 0 aliphatic carbocycles. The van der Waals surface area contributed by atoms with Gasteiger partial charge in [0.2, 0.25) is 0 Å². The van der Waals surface area contributed by atoms with Crippen molar-refractivity contribution in [3.63, 3.8) is 0 Å². The fourth-order valence-electron chi connectivity index (χ4n) is 7.93. The minimum atomic E-state index is -1.23. The summed E-state index contributed by atoms with van der Waals surface area (Å²) >= 11 is 0. The lowest BCUT2D eigenvalue weighted by molar-refractivity contribution is -0.347. The second-order valence-corrected chi connectivity index (χ2v) is 16.1. The first-order valence-electron chi connectivity index (χ1n) is 22.2. The number of hydrogen-bond acceptors (Lipinski definition) is 10. The summed E-state index contributed by atoms with van der Waals surface area (Å²) < 4.78 is 59.9. The van der Waals surface area contributed by atoms with Gasteiger partial charge in [-0.05, 0) is 33.4 Å². The van der Waals surface area contributed by atoms with E-state index >= 15 is 0 Å². The first-order valence-corrected chi connectivity index (χ1v) is 22.2. The molecule has 0 radical (unpaired) electrons. The molecule has 2 aliphatic rings. The molecule has 2 aliphatic heterocycles. The number of esters is 1. The third kappa shape index (κ3) is 13.0. The quantitative estimate of drug-likeness (QED) is 0.0371. The molecule has 66 heavy (non-hydrogen) atoms. The van der Waals surface area contributed by atoms with E-state index in [0.717, 1.165) is 33.4 Å². The minimum Gasteiger partial charge on any atom is -0.448 e. The topological polar surface area (TPSA) is 137 Å². The van der Waals surface area contributed by atoms with Crippen LogP contribution in [-0.2, 0) is 87.1 Å². The molecule has 0 N–H and O–H groups in total. The molecule has 0 aromatic heterocycles. The van der Waals surface area contributed by atoms with E-state index in [4.69, 9.17) is 42.6 Å². The lowest BCUT2D eigenvalue weighted by Crippen LogP contribution is -2.65. The number of rotatable bonds is 22. The first kappa shape index (κ1) is 46.4. The van der Waals surface area contributed by atoms with E-state index in [0.29, 0.717) is 6.61 Å². The third-order valence-electron chi connectivity index (χ3n) is 11.3. The summed E-state index contributed by atoms with van der Waals surface area (Å²) in [5.41, 5.74) is 15.6. The standard InChI is InChI=1S/C54H54N2O10/c55-56-47-50(61-34-42-25-13-4-14-26-42)49(46(64-53(47)57)38-59-32-40-21-9-2-10-22-40)66-54-52(63-36-44-29-17-6-18-30-44)51(62-35-43-27-15-5-16-28-43)48(60-33-41-23-11-3-12-24-41)45(65-54)37-58-31-39-19-7-1-8-20-39/h1-30,45-46,48-52,54H,31-38H2/t45-,46-,48+,49-,50-,51+,52-,54+/m1/s1. The van der Waals surface area contributed by atoms with Crippen molar-refractivity contribution in [1.29, 1.82) is 0 Å². The molecule has 340 valence electrons. The maximum absolute atomic E-state index is 13.6. The highest BCUT2D eigenvalue weighted by molar-refractivity contribution is 6.36. The van der Waals surface area contributed by atoms with Crippen molar-refractivity contribution in [3.05, 3.63) is 221 Å². The Morgan fingerprint density at radius 1 is 0.424 bits per heavy atom. The molecule has 8 atom stereocenters. The maximum atomic E-state index is 13.6. The van der Waals surface area contributed by atoms with Crippen molar-refractivity contribution in [2.75, 3.05) is 13.2 Å². The zero-order valence-corrected chi connectivity index (χ0v) is 36.6. The Bertz CT molecular complexity index is 2390. The van der Waals surface area contributed by atoms with E-state index in [1.165, 1.54) is 0 Å². The smallest absolute Gasteiger partial charge is 0.420 e. The zero-order chi connectivity index (χ0) is 45.2. The van der Waals surface area contributed by atoms with E-state index < -0.39 is 55.0 Å². The average Bonchev–Trinajstić information content (AvgIpc) is 3.37. The monoisotopic (exact) mass is 890 g/mol. The highest BCUT2D eigenvalue weighted by Crippen LogP contribution is 2.34. The molecule has 8 rings (SSSR count). The van der Waals surface area contributed by atoms with Crippen molar-refractivity contribution in [2.24, 2.45) is 0 Å². The van der Waals surface area contributed by atoms with Crippen LogP contribution in [0.15, 0.2) is 182 Å². The number of hydrogen-bond donors (Lipinski definition) is 0. The van der Waals surface area contributed by atoms with E-state index in [1.807, 2.05) is 182 Å². The van der Waals surface area contributed by atoms with Crippen LogP contribution in [0.2, 0.25) is 0 Å². The summed E-state index contributed by atoms with van der Waals surface area (Å²) in [6.45, 7) is 1.24. The Morgan fingerprint density at radius 3 is 1.21 bits per heavy atom. The van der Waals surface area contributed by atoms with Crippen LogP contribution in [0.3, 0.4) is 0 Å². The molecular weight excluding hydrogens is 837 g/mol. The van der Waals surface area contributed by atoms with Crippen LogP contribution < -0.4 is 0 Å². The summed E-state index contributed by atoms with van der Waals surface area (Å²) in [7, 11) is 0. The predicted molar refractivity (Wildman–Crippen MR) is 244 cm³/mol. The van der Waals surface area contributed by atoms with Gasteiger partial charge in [-0.25, -0.2) is 4.79 Å². The number of nitrogens with zero attached hydrogens (tertiary/aromatic N) is 2. The van der Waals surface area contributed by atoms with Crippen LogP contribution in [0.1, 0.15) is 33.4 Å². The van der Waals surface area contributed by atoms with Gasteiger partial charge in [-0.15, -0.1) is 0 Å². The summed E-state index contributed by atoms with van der Waals surface area (Å²) in [6, 6.07) is 58.5. The van der Waals surface area contributed by atoms with Crippen molar-refractivity contribution < 1.29 is 52.2 Å². The van der Waals surface area contributed by atoms with Gasteiger partial charge in [-0.1, -0.05) is 182 Å². The zero-order valence-electron chi connectivity index (χ0n) is 36.6. The number of carbonyl (C=O) groups is 1. The van der Waals surface area contributed by atoms with Gasteiger partial charge in [0.05, 0.1) is 52.9 Å². The van der Waals surface area contributed by atoms with Gasteiger partial charge in [-0.3, -0.25) is 0 Å². The summed E-state index contributed by atoms with van der Waals surface area (Å²) in [4.78, 5) is 17.0. The maximum Gasteiger partial charge on any atom is 0.420 e. The predicted octanol–water partition coefficient (Wildman–Crippen LogP) is 8.47. The normalized spacial score (nSPS) is 22.9. The van der Waals surface area contributed by atoms with E-state index in [2.05, 4.69) is 4.79 Å². The molecule has 0 amide bonds. The molecule has 2 heterocycles. The van der Waals surface area contributed by atoms with Crippen LogP contribution in [0, 0.1) is 0 Å². The second kappa shape index (κ2) is 24.4. The minimum absolute atomic E-state index is 0.0584. The molecule has 6 aromatic carbocycles. The average molecular weight is 891 g/mol. The first-order chi connectivity index (χ1) is 32.6. The van der Waals surface area contributed by atoms with Crippen LogP contribution in [0.25, 0.3) is 5.53 Å². The Labute approximate surface area is 385 Å². The van der Waals surface area contributed by atoms with Gasteiger partial charge < -0.3 is 48.2 Å². The van der Waals surface area contributed by atoms with Crippen molar-refractivity contribution in [2.45, 2.75) is 88.7 Å². The number of cyclic esters (lactones) is 1. The SMILES string of the molecule is [N-]=[N+]=C1C(=O)O[C@H](COCc2ccccc2)[C@@H](O[C@@H]2O[C@H](COCc3ccccc3)[C@H](OCc3ccccc3)[C@H](OCc3ccccc3)[C@H]2OCc2ccccc2)[C@@H]1OCc1ccccc1. The highest BCUT2D eigenvalue weighted by Gasteiger charge is 2.56. The van der Waals surface area contributed by atoms with Crippen LogP contribution in [-0.4, -0.2) is 78.7 Å². The summed E-state index contributed by atoms with van der Waals surface area (Å²) in [5.74, 6) is -0.865. The van der Waals surface area contributed by atoms with Crippen molar-refractivity contribution in [1.82, 2.24) is 0 Å². The Hall–Kier alpha value is -6.15. The van der Waals surface area contributed by atoms with E-state index in [1.54, 1.807) is 0 Å². The number of carbonyl (C=O) groups excluding carboxylic acids is 1. The molecule has 2 fully saturated rings. The van der Waals surface area contributed by atoms with Gasteiger partial charge in [-0.2, -0.15) is 4.79 Å². The van der Waals surface area contributed by atoms with Crippen molar-refractivity contribution in [3.8, 4) is 0 Å². The molecule has 6 aromatic rings. The fraction of sp³-hybridized carbons (Fsp3) is 0.296. The van der Waals surface area contributed by atoms with Crippen LogP contribution in [0.5, 0.6) is 0 Å². The Balaban J connectivity index is 1.17. The molecule has 12 heteroatoms. The highest BCUT2D eigenvalue weighted by atomic mass is 16.7. The van der Waals surface area contributed by atoms with Gasteiger partial charge in [0.1, 0.15) is 30.5 Å². The van der Waals surface area contributed by atoms with Crippen LogP contribution >= 0.6 is 0 Å². The number of benzene rings is 6. The molecule has 2 saturated heterocycles. The summed E-state index contributed by atoms with van der Waals surface area (Å²) in [6.07, 6.45) is -7.89. The molecule has 12 nitrogen and oxygen atoms in total. The fourth-order valence-corrected chi connectivity index (χ4v) is 7.93. The van der Waals surface area contributed by atoms with E-state index in [9.17, 15) is 10.3 Å². The Kier molecular flexibility index (Phi) is 17.1. The lowest BCUT2D eigenvalue weighted by Gasteiger charge is -2.47. The van der Waals surface area contributed by atoms with Gasteiger partial charge in [0, 0.05) is 0 Å². The largest absolute Gasteiger partial charge is 0.448 e. The number of ether oxygens (including phenoxy) is 9. The molecule has 0 unspecified atom stereocenters. The molecule has 0 bridgehead atoms. The Morgan fingerprint density at radius 2 is 0.788 bits per heavy atom. The van der Waals surface area contributed by atoms with Gasteiger partial charge >= 0.3 is 11.7 Å². The lowest BCUT2D eigenvalue weighted by atomic mass is 9.96. The van der Waals surface area contributed by atoms with Gasteiger partial charge in [0.15, 0.2) is 18.5 Å². The molecule has 0 spiro atoms. The van der Waals surface area contributed by atoms with Crippen molar-refractivity contribution >= 4 is 11.7 Å².